The minimum atomic E-state index is -0.0128. The number of ether oxygens (including phenoxy) is 1. The Morgan fingerprint density at radius 1 is 1.50 bits per heavy atom. The third-order valence-corrected chi connectivity index (χ3v) is 4.62. The van der Waals surface area contributed by atoms with E-state index in [1.54, 1.807) is 6.26 Å². The molecular weight excluding hydrogens is 328 g/mol. The molecule has 1 aliphatic heterocycles. The number of thioether (sulfide) groups is 1. The monoisotopic (exact) mass is 350 g/mol. The average Bonchev–Trinajstić information content (AvgIpc) is 3.27. The van der Waals surface area contributed by atoms with Gasteiger partial charge in [-0.1, -0.05) is 11.8 Å². The molecule has 1 aliphatic rings. The van der Waals surface area contributed by atoms with Gasteiger partial charge in [0, 0.05) is 12.6 Å². The predicted molar refractivity (Wildman–Crippen MR) is 90.7 cm³/mol. The van der Waals surface area contributed by atoms with Gasteiger partial charge in [-0.2, -0.15) is 0 Å². The summed E-state index contributed by atoms with van der Waals surface area (Å²) in [5, 5.41) is 12.1. The molecule has 1 amide bonds. The van der Waals surface area contributed by atoms with Crippen molar-refractivity contribution < 1.29 is 13.9 Å². The second-order valence-corrected chi connectivity index (χ2v) is 6.98. The molecule has 0 aliphatic carbocycles. The van der Waals surface area contributed by atoms with Gasteiger partial charge in [-0.05, 0) is 38.8 Å². The third-order valence-electron chi connectivity index (χ3n) is 3.65. The second-order valence-electron chi connectivity index (χ2n) is 6.04. The van der Waals surface area contributed by atoms with Crippen LogP contribution < -0.4 is 5.32 Å². The molecule has 2 aromatic rings. The Hall–Kier alpha value is -1.80. The van der Waals surface area contributed by atoms with Crippen molar-refractivity contribution in [3.05, 3.63) is 18.4 Å². The molecular formula is C16H22N4O3S. The zero-order valence-electron chi connectivity index (χ0n) is 13.9. The molecule has 7 nitrogen and oxygen atoms in total. The molecule has 8 heteroatoms. The van der Waals surface area contributed by atoms with E-state index in [-0.39, 0.29) is 18.1 Å². The van der Waals surface area contributed by atoms with Gasteiger partial charge < -0.3 is 14.5 Å². The number of furan rings is 1. The van der Waals surface area contributed by atoms with Crippen LogP contribution in [0, 0.1) is 0 Å². The first-order valence-electron chi connectivity index (χ1n) is 8.14. The van der Waals surface area contributed by atoms with E-state index in [2.05, 4.69) is 15.5 Å². The predicted octanol–water partition coefficient (Wildman–Crippen LogP) is 2.33. The first-order valence-corrected chi connectivity index (χ1v) is 9.13. The summed E-state index contributed by atoms with van der Waals surface area (Å²) in [5.74, 6) is 1.63. The summed E-state index contributed by atoms with van der Waals surface area (Å²) in [6.07, 6.45) is 3.86. The van der Waals surface area contributed by atoms with Crippen molar-refractivity contribution >= 4 is 17.7 Å². The van der Waals surface area contributed by atoms with E-state index in [4.69, 9.17) is 9.15 Å². The van der Waals surface area contributed by atoms with Crippen molar-refractivity contribution in [3.63, 3.8) is 0 Å². The summed E-state index contributed by atoms with van der Waals surface area (Å²) in [7, 11) is 0. The fourth-order valence-corrected chi connectivity index (χ4v) is 3.39. The van der Waals surface area contributed by atoms with Crippen LogP contribution in [0.2, 0.25) is 0 Å². The van der Waals surface area contributed by atoms with Crippen molar-refractivity contribution in [2.75, 3.05) is 12.4 Å². The lowest BCUT2D eigenvalue weighted by Gasteiger charge is -2.14. The number of aromatic nitrogens is 3. The number of amides is 1. The van der Waals surface area contributed by atoms with Crippen molar-refractivity contribution in [1.82, 2.24) is 20.1 Å². The molecule has 0 saturated carbocycles. The molecule has 1 N–H and O–H groups in total. The fourth-order valence-electron chi connectivity index (χ4n) is 2.63. The molecule has 2 aromatic heterocycles. The molecule has 24 heavy (non-hydrogen) atoms. The van der Waals surface area contributed by atoms with Crippen LogP contribution in [0.25, 0.3) is 11.6 Å². The van der Waals surface area contributed by atoms with Gasteiger partial charge in [-0.25, -0.2) is 0 Å². The summed E-state index contributed by atoms with van der Waals surface area (Å²) < 4.78 is 13.2. The van der Waals surface area contributed by atoms with Crippen molar-refractivity contribution in [2.45, 2.75) is 50.5 Å². The van der Waals surface area contributed by atoms with Crippen LogP contribution in [0.5, 0.6) is 0 Å². The SMILES string of the molecule is CC(C)NC(=O)CSc1nnc(-c2ccco2)n1CC1CCCO1. The molecule has 3 rings (SSSR count). The first kappa shape index (κ1) is 17.0. The highest BCUT2D eigenvalue weighted by Gasteiger charge is 2.23. The smallest absolute Gasteiger partial charge is 0.230 e. The number of nitrogens with one attached hydrogen (secondary N) is 1. The molecule has 3 heterocycles. The van der Waals surface area contributed by atoms with Gasteiger partial charge in [-0.3, -0.25) is 9.36 Å². The quantitative estimate of drug-likeness (QED) is 0.772. The lowest BCUT2D eigenvalue weighted by molar-refractivity contribution is -0.119. The first-order chi connectivity index (χ1) is 11.6. The molecule has 0 bridgehead atoms. The van der Waals surface area contributed by atoms with Gasteiger partial charge in [-0.15, -0.1) is 10.2 Å². The van der Waals surface area contributed by atoms with Gasteiger partial charge in [0.2, 0.25) is 11.7 Å². The summed E-state index contributed by atoms with van der Waals surface area (Å²) in [6.45, 7) is 5.34. The maximum atomic E-state index is 11.9. The molecule has 0 aromatic carbocycles. The van der Waals surface area contributed by atoms with E-state index in [1.165, 1.54) is 11.8 Å². The highest BCUT2D eigenvalue weighted by atomic mass is 32.2. The van der Waals surface area contributed by atoms with Gasteiger partial charge in [0.15, 0.2) is 10.9 Å². The molecule has 1 unspecified atom stereocenters. The summed E-state index contributed by atoms with van der Waals surface area (Å²) in [6, 6.07) is 3.81. The minimum absolute atomic E-state index is 0.0128. The van der Waals surface area contributed by atoms with E-state index in [0.717, 1.165) is 19.4 Å². The maximum absolute atomic E-state index is 11.9. The van der Waals surface area contributed by atoms with Crippen molar-refractivity contribution in [2.24, 2.45) is 0 Å². The zero-order chi connectivity index (χ0) is 16.9. The molecule has 130 valence electrons. The van der Waals surface area contributed by atoms with Crippen molar-refractivity contribution in [1.29, 1.82) is 0 Å². The Bertz CT molecular complexity index is 663. The molecule has 1 saturated heterocycles. The van der Waals surface area contributed by atoms with E-state index in [1.807, 2.05) is 30.5 Å². The van der Waals surface area contributed by atoms with Gasteiger partial charge >= 0.3 is 0 Å². The topological polar surface area (TPSA) is 82.2 Å². The van der Waals surface area contributed by atoms with Crippen LogP contribution >= 0.6 is 11.8 Å². The lowest BCUT2D eigenvalue weighted by atomic mass is 10.2. The maximum Gasteiger partial charge on any atom is 0.230 e. The third kappa shape index (κ3) is 4.18. The Morgan fingerprint density at radius 3 is 3.04 bits per heavy atom. The number of hydrogen-bond acceptors (Lipinski definition) is 6. The Kier molecular flexibility index (Phi) is 5.57. The van der Waals surface area contributed by atoms with E-state index >= 15 is 0 Å². The van der Waals surface area contributed by atoms with E-state index in [0.29, 0.717) is 29.0 Å². The van der Waals surface area contributed by atoms with Crippen LogP contribution in [0.15, 0.2) is 28.0 Å². The Labute approximate surface area is 145 Å². The highest BCUT2D eigenvalue weighted by Crippen LogP contribution is 2.26. The minimum Gasteiger partial charge on any atom is -0.461 e. The van der Waals surface area contributed by atoms with E-state index < -0.39 is 0 Å². The van der Waals surface area contributed by atoms with Crippen LogP contribution in [-0.4, -0.2) is 45.2 Å². The average molecular weight is 350 g/mol. The van der Waals surface area contributed by atoms with Crippen LogP contribution in [0.3, 0.4) is 0 Å². The van der Waals surface area contributed by atoms with Crippen LogP contribution in [0.4, 0.5) is 0 Å². The summed E-state index contributed by atoms with van der Waals surface area (Å²) >= 11 is 1.38. The molecule has 1 fully saturated rings. The van der Waals surface area contributed by atoms with E-state index in [9.17, 15) is 4.79 Å². The van der Waals surface area contributed by atoms with Crippen LogP contribution in [0.1, 0.15) is 26.7 Å². The lowest BCUT2D eigenvalue weighted by Crippen LogP contribution is -2.31. The zero-order valence-corrected chi connectivity index (χ0v) is 14.7. The van der Waals surface area contributed by atoms with Crippen LogP contribution in [-0.2, 0) is 16.1 Å². The van der Waals surface area contributed by atoms with Gasteiger partial charge in [0.25, 0.3) is 0 Å². The highest BCUT2D eigenvalue weighted by molar-refractivity contribution is 7.99. The normalized spacial score (nSPS) is 17.5. The summed E-state index contributed by atoms with van der Waals surface area (Å²) in [4.78, 5) is 11.9. The largest absolute Gasteiger partial charge is 0.461 e. The molecule has 0 spiro atoms. The number of hydrogen-bond donors (Lipinski definition) is 1. The van der Waals surface area contributed by atoms with Gasteiger partial charge in [0.1, 0.15) is 0 Å². The van der Waals surface area contributed by atoms with Gasteiger partial charge in [0.05, 0.1) is 24.7 Å². The molecule has 0 radical (unpaired) electrons. The standard InChI is InChI=1S/C16H22N4O3S/c1-11(2)17-14(21)10-24-16-19-18-15(13-6-4-8-23-13)20(16)9-12-5-3-7-22-12/h4,6,8,11-12H,3,5,7,9-10H2,1-2H3,(H,17,21). The number of carbonyl (C=O) groups excluding carboxylic acids is 1. The number of nitrogens with zero attached hydrogens (tertiary/aromatic N) is 3. The summed E-state index contributed by atoms with van der Waals surface area (Å²) in [5.41, 5.74) is 0. The fraction of sp³-hybridized carbons (Fsp3) is 0.562. The number of carbonyl (C=O) groups is 1. The van der Waals surface area contributed by atoms with Crippen molar-refractivity contribution in [3.8, 4) is 11.6 Å². The second kappa shape index (κ2) is 7.85. The Balaban J connectivity index is 1.76. The Morgan fingerprint density at radius 2 is 2.38 bits per heavy atom. The molecule has 1 atom stereocenters. The number of rotatable bonds is 7.